The van der Waals surface area contributed by atoms with Gasteiger partial charge in [-0.3, -0.25) is 4.79 Å². The van der Waals surface area contributed by atoms with Crippen molar-refractivity contribution in [2.24, 2.45) is 7.05 Å². The highest BCUT2D eigenvalue weighted by Crippen LogP contribution is 2.19. The Morgan fingerprint density at radius 2 is 1.87 bits per heavy atom. The monoisotopic (exact) mass is 306 g/mol. The number of aromatic nitrogens is 1. The summed E-state index contributed by atoms with van der Waals surface area (Å²) in [7, 11) is 2.07. The lowest BCUT2D eigenvalue weighted by atomic mass is 10.1. The topological polar surface area (TPSA) is 34.0 Å². The van der Waals surface area contributed by atoms with Crippen LogP contribution < -0.4 is 5.32 Å². The van der Waals surface area contributed by atoms with Crippen molar-refractivity contribution in [1.82, 2.24) is 9.88 Å². The standard InChI is InChI=1S/C20H22N2O/c1-14-5-4-6-16(9-14)12-20(23)21-13-17-7-8-19-18(11-17)10-15(2)22(19)3/h4-11H,12-13H2,1-3H3,(H,21,23). The lowest BCUT2D eigenvalue weighted by Gasteiger charge is -2.07. The fourth-order valence-corrected chi connectivity index (χ4v) is 2.92. The van der Waals surface area contributed by atoms with Crippen molar-refractivity contribution in [2.45, 2.75) is 26.8 Å². The van der Waals surface area contributed by atoms with Crippen molar-refractivity contribution < 1.29 is 4.79 Å². The Morgan fingerprint density at radius 3 is 2.65 bits per heavy atom. The Morgan fingerprint density at radius 1 is 1.04 bits per heavy atom. The molecule has 23 heavy (non-hydrogen) atoms. The first kappa shape index (κ1) is 15.3. The summed E-state index contributed by atoms with van der Waals surface area (Å²) in [5.41, 5.74) is 5.82. The molecular formula is C20H22N2O. The van der Waals surface area contributed by atoms with E-state index in [2.05, 4.69) is 54.2 Å². The van der Waals surface area contributed by atoms with Crippen molar-refractivity contribution in [3.63, 3.8) is 0 Å². The first-order chi connectivity index (χ1) is 11.0. The lowest BCUT2D eigenvalue weighted by molar-refractivity contribution is -0.120. The molecule has 0 aliphatic carbocycles. The molecule has 0 saturated carbocycles. The van der Waals surface area contributed by atoms with Crippen molar-refractivity contribution >= 4 is 16.8 Å². The third kappa shape index (κ3) is 3.45. The van der Waals surface area contributed by atoms with Gasteiger partial charge in [-0.2, -0.15) is 0 Å². The van der Waals surface area contributed by atoms with Gasteiger partial charge in [0, 0.05) is 30.2 Å². The molecule has 1 N–H and O–H groups in total. The quantitative estimate of drug-likeness (QED) is 0.784. The summed E-state index contributed by atoms with van der Waals surface area (Å²) in [6.07, 6.45) is 0.425. The number of nitrogens with one attached hydrogen (secondary N) is 1. The molecule has 0 spiro atoms. The molecule has 0 fully saturated rings. The Balaban J connectivity index is 1.64. The van der Waals surface area contributed by atoms with Crippen molar-refractivity contribution in [1.29, 1.82) is 0 Å². The van der Waals surface area contributed by atoms with Crippen LogP contribution in [-0.4, -0.2) is 10.5 Å². The number of carbonyl (C=O) groups excluding carboxylic acids is 1. The van der Waals surface area contributed by atoms with Crippen LogP contribution in [0.4, 0.5) is 0 Å². The highest BCUT2D eigenvalue weighted by molar-refractivity contribution is 5.82. The summed E-state index contributed by atoms with van der Waals surface area (Å²) in [5.74, 6) is 0.0555. The van der Waals surface area contributed by atoms with Gasteiger partial charge in [-0.25, -0.2) is 0 Å². The maximum atomic E-state index is 12.1. The molecule has 1 aromatic heterocycles. The second-order valence-electron chi connectivity index (χ2n) is 6.18. The molecule has 0 saturated heterocycles. The number of nitrogens with zero attached hydrogens (tertiary/aromatic N) is 1. The smallest absolute Gasteiger partial charge is 0.224 e. The van der Waals surface area contributed by atoms with Gasteiger partial charge in [0.05, 0.1) is 6.42 Å². The molecule has 0 radical (unpaired) electrons. The predicted molar refractivity (Wildman–Crippen MR) is 94.4 cm³/mol. The summed E-state index contributed by atoms with van der Waals surface area (Å²) >= 11 is 0. The maximum absolute atomic E-state index is 12.1. The number of amides is 1. The van der Waals surface area contributed by atoms with E-state index in [4.69, 9.17) is 0 Å². The third-order valence-corrected chi connectivity index (χ3v) is 4.28. The maximum Gasteiger partial charge on any atom is 0.224 e. The van der Waals surface area contributed by atoms with Crippen LogP contribution in [-0.2, 0) is 24.8 Å². The normalized spacial score (nSPS) is 10.9. The molecule has 3 rings (SSSR count). The van der Waals surface area contributed by atoms with Crippen LogP contribution in [0.25, 0.3) is 10.9 Å². The molecule has 0 unspecified atom stereocenters. The van der Waals surface area contributed by atoms with E-state index < -0.39 is 0 Å². The molecule has 0 aliphatic heterocycles. The van der Waals surface area contributed by atoms with Gasteiger partial charge in [-0.15, -0.1) is 0 Å². The van der Waals surface area contributed by atoms with Gasteiger partial charge < -0.3 is 9.88 Å². The highest BCUT2D eigenvalue weighted by atomic mass is 16.1. The zero-order valence-electron chi connectivity index (χ0n) is 13.9. The molecule has 3 aromatic rings. The van der Waals surface area contributed by atoms with E-state index in [0.29, 0.717) is 13.0 Å². The van der Waals surface area contributed by atoms with Gasteiger partial charge >= 0.3 is 0 Å². The average Bonchev–Trinajstić information content (AvgIpc) is 2.80. The van der Waals surface area contributed by atoms with Crippen LogP contribution in [0, 0.1) is 13.8 Å². The lowest BCUT2D eigenvalue weighted by Crippen LogP contribution is -2.24. The number of hydrogen-bond donors (Lipinski definition) is 1. The molecule has 1 amide bonds. The van der Waals surface area contributed by atoms with Gasteiger partial charge in [-0.05, 0) is 43.2 Å². The van der Waals surface area contributed by atoms with E-state index in [0.717, 1.165) is 11.1 Å². The molecule has 118 valence electrons. The fourth-order valence-electron chi connectivity index (χ4n) is 2.92. The highest BCUT2D eigenvalue weighted by Gasteiger charge is 2.06. The van der Waals surface area contributed by atoms with E-state index >= 15 is 0 Å². The number of carbonyl (C=O) groups is 1. The van der Waals surface area contributed by atoms with Gasteiger partial charge in [0.25, 0.3) is 0 Å². The van der Waals surface area contributed by atoms with Gasteiger partial charge in [0.15, 0.2) is 0 Å². The fraction of sp³-hybridized carbons (Fsp3) is 0.250. The second-order valence-corrected chi connectivity index (χ2v) is 6.18. The summed E-state index contributed by atoms with van der Waals surface area (Å²) in [5, 5.41) is 4.23. The zero-order valence-corrected chi connectivity index (χ0v) is 13.9. The van der Waals surface area contributed by atoms with Crippen LogP contribution in [0.3, 0.4) is 0 Å². The van der Waals surface area contributed by atoms with E-state index in [1.165, 1.54) is 22.2 Å². The minimum absolute atomic E-state index is 0.0555. The van der Waals surface area contributed by atoms with Gasteiger partial charge in [0.1, 0.15) is 0 Å². The number of hydrogen-bond acceptors (Lipinski definition) is 1. The molecule has 0 atom stereocenters. The van der Waals surface area contributed by atoms with Crippen LogP contribution in [0.5, 0.6) is 0 Å². The van der Waals surface area contributed by atoms with Crippen LogP contribution in [0.2, 0.25) is 0 Å². The Kier molecular flexibility index (Phi) is 4.20. The number of rotatable bonds is 4. The Labute approximate surface area is 136 Å². The molecule has 2 aromatic carbocycles. The van der Waals surface area contributed by atoms with Gasteiger partial charge in [-0.1, -0.05) is 35.9 Å². The first-order valence-corrected chi connectivity index (χ1v) is 7.90. The third-order valence-electron chi connectivity index (χ3n) is 4.28. The summed E-state index contributed by atoms with van der Waals surface area (Å²) in [6.45, 7) is 4.70. The molecule has 3 heteroatoms. The Bertz CT molecular complexity index is 861. The van der Waals surface area contributed by atoms with Crippen molar-refractivity contribution in [3.8, 4) is 0 Å². The van der Waals surface area contributed by atoms with E-state index in [-0.39, 0.29) is 5.91 Å². The van der Waals surface area contributed by atoms with Gasteiger partial charge in [0.2, 0.25) is 5.91 Å². The number of aryl methyl sites for hydroxylation is 3. The van der Waals surface area contributed by atoms with Crippen LogP contribution in [0.15, 0.2) is 48.5 Å². The van der Waals surface area contributed by atoms with E-state index in [9.17, 15) is 4.79 Å². The summed E-state index contributed by atoms with van der Waals surface area (Å²) < 4.78 is 2.18. The minimum Gasteiger partial charge on any atom is -0.352 e. The van der Waals surface area contributed by atoms with E-state index in [1.54, 1.807) is 0 Å². The van der Waals surface area contributed by atoms with E-state index in [1.807, 2.05) is 25.1 Å². The SMILES string of the molecule is Cc1cccc(CC(=O)NCc2ccc3c(c2)cc(C)n3C)c1. The molecule has 1 heterocycles. The van der Waals surface area contributed by atoms with Crippen LogP contribution >= 0.6 is 0 Å². The largest absolute Gasteiger partial charge is 0.352 e. The summed E-state index contributed by atoms with van der Waals surface area (Å²) in [6, 6.07) is 16.6. The number of benzene rings is 2. The Hall–Kier alpha value is -2.55. The predicted octanol–water partition coefficient (Wildman–Crippen LogP) is 3.65. The van der Waals surface area contributed by atoms with Crippen LogP contribution in [0.1, 0.15) is 22.4 Å². The first-order valence-electron chi connectivity index (χ1n) is 7.90. The molecule has 3 nitrogen and oxygen atoms in total. The van der Waals surface area contributed by atoms with Crippen molar-refractivity contribution in [2.75, 3.05) is 0 Å². The minimum atomic E-state index is 0.0555. The second kappa shape index (κ2) is 6.29. The molecule has 0 bridgehead atoms. The molecule has 0 aliphatic rings. The molecular weight excluding hydrogens is 284 g/mol. The average molecular weight is 306 g/mol. The van der Waals surface area contributed by atoms with Crippen molar-refractivity contribution in [3.05, 3.63) is 70.9 Å². The number of fused-ring (bicyclic) bond motifs is 1. The zero-order chi connectivity index (χ0) is 16.4. The summed E-state index contributed by atoms with van der Waals surface area (Å²) in [4.78, 5) is 12.1.